The highest BCUT2D eigenvalue weighted by molar-refractivity contribution is 6.31. The second kappa shape index (κ2) is 6.67. The Balaban J connectivity index is 1.87. The van der Waals surface area contributed by atoms with E-state index in [1.807, 2.05) is 32.0 Å². The Kier molecular flexibility index (Phi) is 4.76. The van der Waals surface area contributed by atoms with Gasteiger partial charge >= 0.3 is 0 Å². The lowest BCUT2D eigenvalue weighted by molar-refractivity contribution is -0.143. The summed E-state index contributed by atoms with van der Waals surface area (Å²) in [5, 5.41) is 1.56. The molecule has 1 aromatic heterocycles. The van der Waals surface area contributed by atoms with E-state index in [-0.39, 0.29) is 12.0 Å². The molecule has 2 aromatic rings. The maximum absolute atomic E-state index is 12.9. The van der Waals surface area contributed by atoms with Crippen molar-refractivity contribution in [1.29, 1.82) is 0 Å². The average Bonchev–Trinajstić information content (AvgIpc) is 2.52. The van der Waals surface area contributed by atoms with E-state index in [0.29, 0.717) is 35.9 Å². The Morgan fingerprint density at radius 1 is 1.42 bits per heavy atom. The van der Waals surface area contributed by atoms with Gasteiger partial charge in [-0.2, -0.15) is 0 Å². The third kappa shape index (κ3) is 3.69. The van der Waals surface area contributed by atoms with Crippen LogP contribution in [0.15, 0.2) is 30.3 Å². The van der Waals surface area contributed by atoms with E-state index in [1.54, 1.807) is 24.1 Å². The zero-order valence-electron chi connectivity index (χ0n) is 14.1. The molecule has 24 heavy (non-hydrogen) atoms. The Bertz CT molecular complexity index is 763. The van der Waals surface area contributed by atoms with Gasteiger partial charge in [0.05, 0.1) is 23.8 Å². The van der Waals surface area contributed by atoms with Crippen LogP contribution in [0.5, 0.6) is 0 Å². The predicted molar refractivity (Wildman–Crippen MR) is 93.5 cm³/mol. The molecule has 1 aromatic carbocycles. The third-order valence-electron chi connectivity index (χ3n) is 3.99. The highest BCUT2D eigenvalue weighted by atomic mass is 35.5. The van der Waals surface area contributed by atoms with Gasteiger partial charge in [0.25, 0.3) is 5.91 Å². The Labute approximate surface area is 146 Å². The number of hydrogen-bond acceptors (Lipinski definition) is 4. The van der Waals surface area contributed by atoms with E-state index in [4.69, 9.17) is 21.1 Å². The maximum atomic E-state index is 12.9. The van der Waals surface area contributed by atoms with Gasteiger partial charge in [0, 0.05) is 30.6 Å². The van der Waals surface area contributed by atoms with Gasteiger partial charge in [0.15, 0.2) is 0 Å². The van der Waals surface area contributed by atoms with Crippen molar-refractivity contribution < 1.29 is 14.3 Å². The third-order valence-corrected chi connectivity index (χ3v) is 4.23. The molecule has 0 N–H and O–H groups in total. The Hall–Kier alpha value is -1.69. The molecule has 1 saturated heterocycles. The van der Waals surface area contributed by atoms with E-state index in [1.165, 1.54) is 0 Å². The van der Waals surface area contributed by atoms with Crippen molar-refractivity contribution in [3.8, 4) is 0 Å². The minimum atomic E-state index is -0.419. The number of amides is 1. The first-order valence-corrected chi connectivity index (χ1v) is 8.28. The van der Waals surface area contributed by atoms with Crippen molar-refractivity contribution in [2.75, 3.05) is 26.8 Å². The first-order valence-electron chi connectivity index (χ1n) is 7.90. The van der Waals surface area contributed by atoms with Crippen LogP contribution in [-0.4, -0.2) is 54.3 Å². The van der Waals surface area contributed by atoms with Gasteiger partial charge in [-0.15, -0.1) is 0 Å². The number of halogens is 1. The second-order valence-electron chi connectivity index (χ2n) is 6.67. The number of carbonyl (C=O) groups is 1. The van der Waals surface area contributed by atoms with Crippen LogP contribution in [-0.2, 0) is 9.47 Å². The molecule has 1 atom stereocenters. The number of benzene rings is 1. The fraction of sp³-hybridized carbons (Fsp3) is 0.444. The lowest BCUT2D eigenvalue weighted by Crippen LogP contribution is -2.55. The molecule has 0 radical (unpaired) electrons. The molecule has 0 saturated carbocycles. The fourth-order valence-electron chi connectivity index (χ4n) is 3.09. The van der Waals surface area contributed by atoms with Crippen LogP contribution in [0.3, 0.4) is 0 Å². The molecule has 1 aliphatic heterocycles. The SMILES string of the molecule is COC[C@@H]1CN(C(=O)c2ccc3ccc(Cl)cc3n2)CC(C)(C)O1. The van der Waals surface area contributed by atoms with E-state index in [2.05, 4.69) is 4.98 Å². The summed E-state index contributed by atoms with van der Waals surface area (Å²) in [5.41, 5.74) is 0.713. The van der Waals surface area contributed by atoms with Crippen LogP contribution in [0.2, 0.25) is 5.02 Å². The van der Waals surface area contributed by atoms with Crippen LogP contribution >= 0.6 is 11.6 Å². The number of rotatable bonds is 3. The summed E-state index contributed by atoms with van der Waals surface area (Å²) in [6.07, 6.45) is -0.141. The fourth-order valence-corrected chi connectivity index (χ4v) is 3.26. The molecule has 1 aliphatic rings. The average molecular weight is 349 g/mol. The largest absolute Gasteiger partial charge is 0.382 e. The molecule has 128 valence electrons. The predicted octanol–water partition coefficient (Wildman–Crippen LogP) is 3.15. The molecular weight excluding hydrogens is 328 g/mol. The number of nitrogens with zero attached hydrogens (tertiary/aromatic N) is 2. The van der Waals surface area contributed by atoms with Crippen molar-refractivity contribution >= 4 is 28.4 Å². The molecule has 5 nitrogen and oxygen atoms in total. The Morgan fingerprint density at radius 3 is 2.92 bits per heavy atom. The summed E-state index contributed by atoms with van der Waals surface area (Å²) >= 11 is 6.02. The van der Waals surface area contributed by atoms with Gasteiger partial charge in [-0.3, -0.25) is 4.79 Å². The number of hydrogen-bond donors (Lipinski definition) is 0. The summed E-state index contributed by atoms with van der Waals surface area (Å²) in [5.74, 6) is -0.102. The normalized spacial score (nSPS) is 20.3. The number of aromatic nitrogens is 1. The minimum Gasteiger partial charge on any atom is -0.382 e. The van der Waals surface area contributed by atoms with Gasteiger partial charge in [-0.1, -0.05) is 23.7 Å². The van der Waals surface area contributed by atoms with Gasteiger partial charge in [-0.05, 0) is 32.0 Å². The second-order valence-corrected chi connectivity index (χ2v) is 7.11. The van der Waals surface area contributed by atoms with Gasteiger partial charge < -0.3 is 14.4 Å². The lowest BCUT2D eigenvalue weighted by Gasteiger charge is -2.42. The highest BCUT2D eigenvalue weighted by Gasteiger charge is 2.36. The number of ether oxygens (including phenoxy) is 2. The number of methoxy groups -OCH3 is 1. The molecule has 0 spiro atoms. The summed E-state index contributed by atoms with van der Waals surface area (Å²) in [4.78, 5) is 19.2. The maximum Gasteiger partial charge on any atom is 0.272 e. The van der Waals surface area contributed by atoms with Crippen molar-refractivity contribution in [2.24, 2.45) is 0 Å². The summed E-state index contributed by atoms with van der Waals surface area (Å²) in [6, 6.07) is 9.12. The molecule has 1 fully saturated rings. The van der Waals surface area contributed by atoms with E-state index in [9.17, 15) is 4.79 Å². The zero-order valence-corrected chi connectivity index (χ0v) is 14.8. The zero-order chi connectivity index (χ0) is 17.3. The molecule has 0 aliphatic carbocycles. The first-order chi connectivity index (χ1) is 11.4. The van der Waals surface area contributed by atoms with Crippen LogP contribution < -0.4 is 0 Å². The number of fused-ring (bicyclic) bond motifs is 1. The summed E-state index contributed by atoms with van der Waals surface area (Å²) < 4.78 is 11.1. The summed E-state index contributed by atoms with van der Waals surface area (Å²) in [6.45, 7) is 5.41. The number of morpholine rings is 1. The van der Waals surface area contributed by atoms with E-state index < -0.39 is 5.60 Å². The van der Waals surface area contributed by atoms with Crippen molar-refractivity contribution in [3.05, 3.63) is 41.0 Å². The van der Waals surface area contributed by atoms with Crippen LogP contribution in [0, 0.1) is 0 Å². The molecule has 1 amide bonds. The molecular formula is C18H21ClN2O3. The van der Waals surface area contributed by atoms with Gasteiger partial charge in [-0.25, -0.2) is 4.98 Å². The van der Waals surface area contributed by atoms with Crippen LogP contribution in [0.1, 0.15) is 24.3 Å². The minimum absolute atomic E-state index is 0.102. The molecule has 3 rings (SSSR count). The highest BCUT2D eigenvalue weighted by Crippen LogP contribution is 2.24. The number of carbonyl (C=O) groups excluding carboxylic acids is 1. The van der Waals surface area contributed by atoms with Gasteiger partial charge in [0.2, 0.25) is 0 Å². The smallest absolute Gasteiger partial charge is 0.272 e. The first kappa shape index (κ1) is 17.1. The number of pyridine rings is 1. The Morgan fingerprint density at radius 2 is 2.17 bits per heavy atom. The van der Waals surface area contributed by atoms with Crippen LogP contribution in [0.25, 0.3) is 10.9 Å². The molecule has 2 heterocycles. The van der Waals surface area contributed by atoms with E-state index in [0.717, 1.165) is 5.39 Å². The van der Waals surface area contributed by atoms with Crippen LogP contribution in [0.4, 0.5) is 0 Å². The van der Waals surface area contributed by atoms with Gasteiger partial charge in [0.1, 0.15) is 5.69 Å². The molecule has 0 bridgehead atoms. The molecule has 6 heteroatoms. The topological polar surface area (TPSA) is 51.7 Å². The lowest BCUT2D eigenvalue weighted by atomic mass is 10.0. The monoisotopic (exact) mass is 348 g/mol. The standard InChI is InChI=1S/C18H21ClN2O3/c1-18(2)11-21(9-14(24-18)10-23-3)17(22)15-7-5-12-4-6-13(19)8-16(12)20-15/h4-8,14H,9-11H2,1-3H3/t14-/m0/s1. The van der Waals surface area contributed by atoms with E-state index >= 15 is 0 Å². The quantitative estimate of drug-likeness (QED) is 0.855. The van der Waals surface area contributed by atoms with Crippen molar-refractivity contribution in [1.82, 2.24) is 9.88 Å². The summed E-state index contributed by atoms with van der Waals surface area (Å²) in [7, 11) is 1.63. The van der Waals surface area contributed by atoms with Crippen molar-refractivity contribution in [3.63, 3.8) is 0 Å². The van der Waals surface area contributed by atoms with Crippen molar-refractivity contribution in [2.45, 2.75) is 25.6 Å². The molecule has 0 unspecified atom stereocenters.